The quantitative estimate of drug-likeness (QED) is 0.928. The maximum atomic E-state index is 12.6. The van der Waals surface area contributed by atoms with Crippen molar-refractivity contribution in [3.8, 4) is 0 Å². The van der Waals surface area contributed by atoms with Crippen molar-refractivity contribution in [1.82, 2.24) is 4.90 Å². The fourth-order valence-electron chi connectivity index (χ4n) is 4.03. The monoisotopic (exact) mass is 286 g/mol. The number of hydrogen-bond acceptors (Lipinski definition) is 2. The number of carbonyl (C=O) groups excluding carboxylic acids is 1. The zero-order valence-corrected chi connectivity index (χ0v) is 12.8. The Morgan fingerprint density at radius 1 is 1.10 bits per heavy atom. The minimum atomic E-state index is 0.278. The number of fused-ring (bicyclic) bond motifs is 1. The first-order valence-corrected chi connectivity index (χ1v) is 8.32. The second-order valence-electron chi connectivity index (χ2n) is 6.58. The first-order valence-electron chi connectivity index (χ1n) is 8.32. The van der Waals surface area contributed by atoms with Crippen molar-refractivity contribution in [2.75, 3.05) is 13.1 Å². The third-order valence-corrected chi connectivity index (χ3v) is 5.32. The van der Waals surface area contributed by atoms with Gasteiger partial charge in [-0.25, -0.2) is 0 Å². The SMILES string of the molecule is NCc1ccccc1CC(=O)N1CCC2CCCCC2C1. The van der Waals surface area contributed by atoms with Crippen LogP contribution < -0.4 is 5.73 Å². The van der Waals surface area contributed by atoms with Crippen LogP contribution in [0.2, 0.25) is 0 Å². The molecule has 1 heterocycles. The van der Waals surface area contributed by atoms with E-state index >= 15 is 0 Å². The summed E-state index contributed by atoms with van der Waals surface area (Å²) in [5.74, 6) is 1.90. The highest BCUT2D eigenvalue weighted by atomic mass is 16.2. The smallest absolute Gasteiger partial charge is 0.227 e. The highest BCUT2D eigenvalue weighted by Gasteiger charge is 2.32. The van der Waals surface area contributed by atoms with E-state index in [2.05, 4.69) is 4.90 Å². The van der Waals surface area contributed by atoms with Crippen molar-refractivity contribution in [2.45, 2.75) is 45.1 Å². The largest absolute Gasteiger partial charge is 0.342 e. The molecule has 0 bridgehead atoms. The first-order chi connectivity index (χ1) is 10.3. The standard InChI is InChI=1S/C18H26N2O/c19-12-16-7-3-2-6-15(16)11-18(21)20-10-9-14-5-1-4-8-17(14)13-20/h2-3,6-7,14,17H,1,4-5,8-13,19H2. The minimum absolute atomic E-state index is 0.278. The Balaban J connectivity index is 1.63. The molecule has 1 aromatic carbocycles. The molecule has 21 heavy (non-hydrogen) atoms. The lowest BCUT2D eigenvalue weighted by atomic mass is 9.75. The van der Waals surface area contributed by atoms with Crippen LogP contribution in [0.5, 0.6) is 0 Å². The van der Waals surface area contributed by atoms with Gasteiger partial charge in [-0.05, 0) is 35.8 Å². The van der Waals surface area contributed by atoms with Crippen LogP contribution >= 0.6 is 0 Å². The van der Waals surface area contributed by atoms with Crippen LogP contribution in [0.4, 0.5) is 0 Å². The molecule has 3 heteroatoms. The number of piperidine rings is 1. The van der Waals surface area contributed by atoms with Gasteiger partial charge in [0.2, 0.25) is 5.91 Å². The summed E-state index contributed by atoms with van der Waals surface area (Å²) in [6.07, 6.45) is 7.13. The molecule has 2 fully saturated rings. The highest BCUT2D eigenvalue weighted by molar-refractivity contribution is 5.79. The van der Waals surface area contributed by atoms with Crippen LogP contribution in [0.15, 0.2) is 24.3 Å². The summed E-state index contributed by atoms with van der Waals surface area (Å²) < 4.78 is 0. The average molecular weight is 286 g/mol. The summed E-state index contributed by atoms with van der Waals surface area (Å²) in [7, 11) is 0. The van der Waals surface area contributed by atoms with E-state index in [1.54, 1.807) is 0 Å². The summed E-state index contributed by atoms with van der Waals surface area (Å²) in [6, 6.07) is 8.04. The van der Waals surface area contributed by atoms with Crippen molar-refractivity contribution in [3.05, 3.63) is 35.4 Å². The summed E-state index contributed by atoms with van der Waals surface area (Å²) >= 11 is 0. The predicted octanol–water partition coefficient (Wildman–Crippen LogP) is 2.73. The van der Waals surface area contributed by atoms with Crippen LogP contribution in [0, 0.1) is 11.8 Å². The van der Waals surface area contributed by atoms with E-state index < -0.39 is 0 Å². The predicted molar refractivity (Wildman–Crippen MR) is 84.7 cm³/mol. The molecule has 0 aromatic heterocycles. The van der Waals surface area contributed by atoms with Crippen LogP contribution in [0.1, 0.15) is 43.2 Å². The van der Waals surface area contributed by atoms with E-state index in [1.165, 1.54) is 32.1 Å². The number of nitrogens with two attached hydrogens (primary N) is 1. The molecule has 3 nitrogen and oxygen atoms in total. The molecule has 1 saturated carbocycles. The lowest BCUT2D eigenvalue weighted by molar-refractivity contribution is -0.133. The molecule has 1 saturated heterocycles. The van der Waals surface area contributed by atoms with Gasteiger partial charge in [0, 0.05) is 19.6 Å². The van der Waals surface area contributed by atoms with Gasteiger partial charge in [-0.2, -0.15) is 0 Å². The van der Waals surface area contributed by atoms with E-state index in [0.29, 0.717) is 13.0 Å². The van der Waals surface area contributed by atoms with Crippen molar-refractivity contribution in [2.24, 2.45) is 17.6 Å². The fourth-order valence-corrected chi connectivity index (χ4v) is 4.03. The van der Waals surface area contributed by atoms with Crippen molar-refractivity contribution in [3.63, 3.8) is 0 Å². The third kappa shape index (κ3) is 3.29. The van der Waals surface area contributed by atoms with E-state index in [0.717, 1.165) is 36.1 Å². The maximum absolute atomic E-state index is 12.6. The molecule has 1 aliphatic carbocycles. The lowest BCUT2D eigenvalue weighted by Gasteiger charge is -2.41. The molecule has 1 aromatic rings. The van der Waals surface area contributed by atoms with Crippen molar-refractivity contribution < 1.29 is 4.79 Å². The topological polar surface area (TPSA) is 46.3 Å². The Kier molecular flexibility index (Phi) is 4.59. The summed E-state index contributed by atoms with van der Waals surface area (Å²) in [6.45, 7) is 2.44. The van der Waals surface area contributed by atoms with Crippen LogP contribution in [-0.4, -0.2) is 23.9 Å². The van der Waals surface area contributed by atoms with Crippen LogP contribution in [-0.2, 0) is 17.8 Å². The Bertz CT molecular complexity index is 500. The number of nitrogens with zero attached hydrogens (tertiary/aromatic N) is 1. The van der Waals surface area contributed by atoms with Gasteiger partial charge in [0.1, 0.15) is 0 Å². The van der Waals surface area contributed by atoms with Gasteiger partial charge in [-0.15, -0.1) is 0 Å². The molecule has 114 valence electrons. The average Bonchev–Trinajstić information content (AvgIpc) is 2.55. The summed E-state index contributed by atoms with van der Waals surface area (Å²) in [4.78, 5) is 14.7. The number of benzene rings is 1. The Morgan fingerprint density at radius 3 is 2.57 bits per heavy atom. The van der Waals surface area contributed by atoms with Gasteiger partial charge in [0.05, 0.1) is 6.42 Å². The highest BCUT2D eigenvalue weighted by Crippen LogP contribution is 2.36. The van der Waals surface area contributed by atoms with Gasteiger partial charge in [-0.1, -0.05) is 43.5 Å². The summed E-state index contributed by atoms with van der Waals surface area (Å²) in [5.41, 5.74) is 7.96. The maximum Gasteiger partial charge on any atom is 0.227 e. The molecule has 1 amide bonds. The second-order valence-corrected chi connectivity index (χ2v) is 6.58. The van der Waals surface area contributed by atoms with Gasteiger partial charge in [0.15, 0.2) is 0 Å². The zero-order valence-electron chi connectivity index (χ0n) is 12.8. The van der Waals surface area contributed by atoms with Crippen molar-refractivity contribution in [1.29, 1.82) is 0 Å². The molecule has 2 unspecified atom stereocenters. The van der Waals surface area contributed by atoms with Crippen LogP contribution in [0.3, 0.4) is 0 Å². The molecule has 2 aliphatic rings. The zero-order chi connectivity index (χ0) is 14.7. The normalized spacial score (nSPS) is 25.5. The van der Waals surface area contributed by atoms with E-state index in [1.807, 2.05) is 24.3 Å². The number of hydrogen-bond donors (Lipinski definition) is 1. The first kappa shape index (κ1) is 14.6. The number of amides is 1. The molecular formula is C18H26N2O. The molecule has 1 aliphatic heterocycles. The van der Waals surface area contributed by atoms with Crippen LogP contribution in [0.25, 0.3) is 0 Å². The summed E-state index contributed by atoms with van der Waals surface area (Å²) in [5, 5.41) is 0. The third-order valence-electron chi connectivity index (χ3n) is 5.32. The Labute approximate surface area is 127 Å². The van der Waals surface area contributed by atoms with Gasteiger partial charge < -0.3 is 10.6 Å². The molecule has 2 atom stereocenters. The molecule has 0 spiro atoms. The van der Waals surface area contributed by atoms with Gasteiger partial charge >= 0.3 is 0 Å². The van der Waals surface area contributed by atoms with Gasteiger partial charge in [0.25, 0.3) is 0 Å². The second kappa shape index (κ2) is 6.61. The fraction of sp³-hybridized carbons (Fsp3) is 0.611. The lowest BCUT2D eigenvalue weighted by Crippen LogP contribution is -2.45. The minimum Gasteiger partial charge on any atom is -0.342 e. The molecule has 3 rings (SSSR count). The van der Waals surface area contributed by atoms with Crippen molar-refractivity contribution >= 4 is 5.91 Å². The van der Waals surface area contributed by atoms with E-state index in [-0.39, 0.29) is 5.91 Å². The Morgan fingerprint density at radius 2 is 1.81 bits per heavy atom. The number of rotatable bonds is 3. The molecular weight excluding hydrogens is 260 g/mol. The Hall–Kier alpha value is -1.35. The molecule has 2 N–H and O–H groups in total. The van der Waals surface area contributed by atoms with Gasteiger partial charge in [-0.3, -0.25) is 4.79 Å². The molecule has 0 radical (unpaired) electrons. The van der Waals surface area contributed by atoms with E-state index in [9.17, 15) is 4.79 Å². The number of likely N-dealkylation sites (tertiary alicyclic amines) is 1. The van der Waals surface area contributed by atoms with E-state index in [4.69, 9.17) is 5.73 Å². The number of carbonyl (C=O) groups is 1.